The fraction of sp³-hybridized carbons (Fsp3) is 0.500. The third kappa shape index (κ3) is 2.99. The largest absolute Gasteiger partial charge is 0.385 e. The molecule has 1 saturated heterocycles. The van der Waals surface area contributed by atoms with Crippen molar-refractivity contribution in [3.63, 3.8) is 0 Å². The molecule has 2 rings (SSSR count). The Morgan fingerprint density at radius 3 is 2.47 bits per heavy atom. The van der Waals surface area contributed by atoms with E-state index in [2.05, 4.69) is 36.5 Å². The van der Waals surface area contributed by atoms with Crippen molar-refractivity contribution in [3.8, 4) is 0 Å². The van der Waals surface area contributed by atoms with Crippen LogP contribution in [-0.2, 0) is 4.79 Å². The second-order valence-corrected chi connectivity index (χ2v) is 4.57. The SMILES string of the molecule is CCNc1ccc(C2CCN(C=O)CC2)cc1. The molecule has 92 valence electrons. The zero-order valence-corrected chi connectivity index (χ0v) is 10.4. The minimum absolute atomic E-state index is 0.613. The molecule has 0 aromatic heterocycles. The third-order valence-corrected chi connectivity index (χ3v) is 3.44. The van der Waals surface area contributed by atoms with E-state index in [9.17, 15) is 4.79 Å². The summed E-state index contributed by atoms with van der Waals surface area (Å²) in [6.07, 6.45) is 3.13. The van der Waals surface area contributed by atoms with Crippen LogP contribution in [0.5, 0.6) is 0 Å². The first-order chi connectivity index (χ1) is 8.33. The summed E-state index contributed by atoms with van der Waals surface area (Å²) in [5, 5.41) is 3.30. The molecule has 0 spiro atoms. The van der Waals surface area contributed by atoms with Gasteiger partial charge in [-0.3, -0.25) is 4.79 Å². The van der Waals surface area contributed by atoms with Gasteiger partial charge < -0.3 is 10.2 Å². The summed E-state index contributed by atoms with van der Waals surface area (Å²) < 4.78 is 0. The minimum Gasteiger partial charge on any atom is -0.385 e. The second kappa shape index (κ2) is 5.71. The Bertz CT molecular complexity index is 353. The highest BCUT2D eigenvalue weighted by atomic mass is 16.1. The van der Waals surface area contributed by atoms with Crippen LogP contribution in [0.15, 0.2) is 24.3 Å². The van der Waals surface area contributed by atoms with E-state index >= 15 is 0 Å². The Hall–Kier alpha value is -1.51. The van der Waals surface area contributed by atoms with Crippen molar-refractivity contribution in [2.24, 2.45) is 0 Å². The fourth-order valence-electron chi connectivity index (χ4n) is 2.42. The molecule has 0 radical (unpaired) electrons. The van der Waals surface area contributed by atoms with Crippen molar-refractivity contribution in [3.05, 3.63) is 29.8 Å². The van der Waals surface area contributed by atoms with Crippen LogP contribution in [0.3, 0.4) is 0 Å². The number of hydrogen-bond donors (Lipinski definition) is 1. The highest BCUT2D eigenvalue weighted by molar-refractivity contribution is 5.48. The lowest BCUT2D eigenvalue weighted by atomic mass is 9.89. The van der Waals surface area contributed by atoms with Gasteiger partial charge in [-0.1, -0.05) is 12.1 Å². The lowest BCUT2D eigenvalue weighted by molar-refractivity contribution is -0.119. The lowest BCUT2D eigenvalue weighted by Crippen LogP contribution is -2.31. The first-order valence-electron chi connectivity index (χ1n) is 6.36. The summed E-state index contributed by atoms with van der Waals surface area (Å²) in [7, 11) is 0. The standard InChI is InChI=1S/C14H20N2O/c1-2-15-14-5-3-12(4-6-14)13-7-9-16(11-17)10-8-13/h3-6,11,13,15H,2,7-10H2,1H3. The maximum Gasteiger partial charge on any atom is 0.209 e. The Labute approximate surface area is 103 Å². The Morgan fingerprint density at radius 2 is 1.94 bits per heavy atom. The zero-order chi connectivity index (χ0) is 12.1. The molecule has 0 aliphatic carbocycles. The Kier molecular flexibility index (Phi) is 4.02. The predicted octanol–water partition coefficient (Wildman–Crippen LogP) is 2.45. The lowest BCUT2D eigenvalue weighted by Gasteiger charge is -2.29. The highest BCUT2D eigenvalue weighted by Gasteiger charge is 2.19. The smallest absolute Gasteiger partial charge is 0.209 e. The van der Waals surface area contributed by atoms with Crippen LogP contribution in [0.25, 0.3) is 0 Å². The van der Waals surface area contributed by atoms with Crippen molar-refractivity contribution in [1.29, 1.82) is 0 Å². The molecule has 1 aromatic rings. The maximum atomic E-state index is 10.6. The first-order valence-corrected chi connectivity index (χ1v) is 6.36. The van der Waals surface area contributed by atoms with Crippen molar-refractivity contribution >= 4 is 12.1 Å². The maximum absolute atomic E-state index is 10.6. The van der Waals surface area contributed by atoms with Crippen molar-refractivity contribution in [2.45, 2.75) is 25.7 Å². The number of anilines is 1. The van der Waals surface area contributed by atoms with Gasteiger partial charge in [0.25, 0.3) is 0 Å². The molecule has 1 fully saturated rings. The van der Waals surface area contributed by atoms with Crippen LogP contribution >= 0.6 is 0 Å². The molecule has 17 heavy (non-hydrogen) atoms. The zero-order valence-electron chi connectivity index (χ0n) is 10.4. The normalized spacial score (nSPS) is 16.9. The van der Waals surface area contributed by atoms with E-state index in [-0.39, 0.29) is 0 Å². The predicted molar refractivity (Wildman–Crippen MR) is 70.2 cm³/mol. The number of carbonyl (C=O) groups is 1. The van der Waals surface area contributed by atoms with Gasteiger partial charge in [0.15, 0.2) is 0 Å². The van der Waals surface area contributed by atoms with E-state index in [0.29, 0.717) is 5.92 Å². The molecule has 1 aromatic carbocycles. The molecule has 3 heteroatoms. The van der Waals surface area contributed by atoms with Crippen molar-refractivity contribution in [2.75, 3.05) is 25.0 Å². The Balaban J connectivity index is 1.96. The molecule has 3 nitrogen and oxygen atoms in total. The molecule has 0 atom stereocenters. The van der Waals surface area contributed by atoms with Gasteiger partial charge in [-0.2, -0.15) is 0 Å². The van der Waals surface area contributed by atoms with Gasteiger partial charge >= 0.3 is 0 Å². The Morgan fingerprint density at radius 1 is 1.29 bits per heavy atom. The summed E-state index contributed by atoms with van der Waals surface area (Å²) >= 11 is 0. The molecule has 1 N–H and O–H groups in total. The number of hydrogen-bond acceptors (Lipinski definition) is 2. The summed E-state index contributed by atoms with van der Waals surface area (Å²) in [6, 6.07) is 8.70. The molecular formula is C14H20N2O. The number of likely N-dealkylation sites (tertiary alicyclic amines) is 1. The quantitative estimate of drug-likeness (QED) is 0.809. The number of carbonyl (C=O) groups excluding carboxylic acids is 1. The topological polar surface area (TPSA) is 32.3 Å². The van der Waals surface area contributed by atoms with Gasteiger partial charge in [-0.15, -0.1) is 0 Å². The van der Waals surface area contributed by atoms with E-state index in [1.165, 1.54) is 11.3 Å². The highest BCUT2D eigenvalue weighted by Crippen LogP contribution is 2.28. The average Bonchev–Trinajstić information content (AvgIpc) is 2.40. The third-order valence-electron chi connectivity index (χ3n) is 3.44. The fourth-order valence-corrected chi connectivity index (χ4v) is 2.42. The van der Waals surface area contributed by atoms with Crippen LogP contribution in [0.2, 0.25) is 0 Å². The van der Waals surface area contributed by atoms with Gasteiger partial charge in [0.1, 0.15) is 0 Å². The van der Waals surface area contributed by atoms with Crippen LogP contribution in [-0.4, -0.2) is 30.9 Å². The molecule has 1 heterocycles. The van der Waals surface area contributed by atoms with Crippen LogP contribution < -0.4 is 5.32 Å². The number of piperidine rings is 1. The molecule has 0 bridgehead atoms. The number of nitrogens with zero attached hydrogens (tertiary/aromatic N) is 1. The van der Waals surface area contributed by atoms with Gasteiger partial charge in [0, 0.05) is 25.3 Å². The van der Waals surface area contributed by atoms with E-state index in [0.717, 1.165) is 38.9 Å². The molecule has 1 aliphatic heterocycles. The minimum atomic E-state index is 0.613. The number of amides is 1. The van der Waals surface area contributed by atoms with Crippen molar-refractivity contribution < 1.29 is 4.79 Å². The van der Waals surface area contributed by atoms with Crippen molar-refractivity contribution in [1.82, 2.24) is 4.90 Å². The first kappa shape index (κ1) is 12.0. The summed E-state index contributed by atoms with van der Waals surface area (Å²) in [5.41, 5.74) is 2.58. The average molecular weight is 232 g/mol. The van der Waals surface area contributed by atoms with Gasteiger partial charge in [-0.25, -0.2) is 0 Å². The summed E-state index contributed by atoms with van der Waals surface area (Å²) in [4.78, 5) is 12.5. The molecular weight excluding hydrogens is 212 g/mol. The van der Waals surface area contributed by atoms with Crippen LogP contribution in [0.1, 0.15) is 31.2 Å². The molecule has 1 aliphatic rings. The molecule has 0 unspecified atom stereocenters. The second-order valence-electron chi connectivity index (χ2n) is 4.57. The number of rotatable bonds is 4. The van der Waals surface area contributed by atoms with Crippen LogP contribution in [0, 0.1) is 0 Å². The van der Waals surface area contributed by atoms with Gasteiger partial charge in [0.2, 0.25) is 6.41 Å². The monoisotopic (exact) mass is 232 g/mol. The van der Waals surface area contributed by atoms with E-state index < -0.39 is 0 Å². The van der Waals surface area contributed by atoms with Crippen LogP contribution in [0.4, 0.5) is 5.69 Å². The van der Waals surface area contributed by atoms with E-state index in [4.69, 9.17) is 0 Å². The molecule has 0 saturated carbocycles. The number of nitrogens with one attached hydrogen (secondary N) is 1. The number of benzene rings is 1. The van der Waals surface area contributed by atoms with E-state index in [1.807, 2.05) is 4.90 Å². The summed E-state index contributed by atoms with van der Waals surface area (Å²) in [6.45, 7) is 4.84. The van der Waals surface area contributed by atoms with Gasteiger partial charge in [0.05, 0.1) is 0 Å². The van der Waals surface area contributed by atoms with Gasteiger partial charge in [-0.05, 0) is 43.4 Å². The van der Waals surface area contributed by atoms with E-state index in [1.54, 1.807) is 0 Å². The molecule has 1 amide bonds. The summed E-state index contributed by atoms with van der Waals surface area (Å²) in [5.74, 6) is 0.613.